The molecule has 0 bridgehead atoms. The third-order valence-corrected chi connectivity index (χ3v) is 6.74. The van der Waals surface area contributed by atoms with E-state index in [9.17, 15) is 13.2 Å². The van der Waals surface area contributed by atoms with Crippen molar-refractivity contribution in [3.63, 3.8) is 0 Å². The first-order valence-electron chi connectivity index (χ1n) is 9.74. The summed E-state index contributed by atoms with van der Waals surface area (Å²) in [6.07, 6.45) is 7.45. The Labute approximate surface area is 165 Å². The van der Waals surface area contributed by atoms with Crippen molar-refractivity contribution in [2.24, 2.45) is 5.92 Å². The van der Waals surface area contributed by atoms with Crippen molar-refractivity contribution in [1.82, 2.24) is 14.7 Å². The Bertz CT molecular complexity index is 917. The molecule has 0 aromatic carbocycles. The molecule has 154 valence electrons. The summed E-state index contributed by atoms with van der Waals surface area (Å²) < 4.78 is 31.3. The third kappa shape index (κ3) is 4.82. The summed E-state index contributed by atoms with van der Waals surface area (Å²) in [5.41, 5.74) is 1.88. The van der Waals surface area contributed by atoms with Gasteiger partial charge in [0.05, 0.1) is 18.0 Å². The minimum absolute atomic E-state index is 0.161. The fraction of sp³-hybridized carbons (Fsp3) is 0.579. The summed E-state index contributed by atoms with van der Waals surface area (Å²) >= 11 is 0. The monoisotopic (exact) mass is 408 g/mol. The molecule has 2 aromatic heterocycles. The number of aromatic nitrogens is 2. The van der Waals surface area contributed by atoms with Gasteiger partial charge in [0.1, 0.15) is 11.2 Å². The highest BCUT2D eigenvalue weighted by molar-refractivity contribution is 7.89. The van der Waals surface area contributed by atoms with Gasteiger partial charge in [-0.25, -0.2) is 22.9 Å². The van der Waals surface area contributed by atoms with Gasteiger partial charge in [0, 0.05) is 23.8 Å². The van der Waals surface area contributed by atoms with E-state index in [1.807, 2.05) is 13.0 Å². The van der Waals surface area contributed by atoms with E-state index in [4.69, 9.17) is 4.74 Å². The van der Waals surface area contributed by atoms with Crippen LogP contribution in [0.4, 0.5) is 5.69 Å². The van der Waals surface area contributed by atoms with Crippen LogP contribution in [-0.4, -0.2) is 49.8 Å². The second-order valence-corrected chi connectivity index (χ2v) is 9.24. The SMILES string of the molecule is CCCOC(=O)c1cnc2[nH]ccc2c1NC1CCC(CS(=O)(=O)NC)CC1. The first kappa shape index (κ1) is 20.6. The van der Waals surface area contributed by atoms with Crippen LogP contribution in [0, 0.1) is 5.92 Å². The van der Waals surface area contributed by atoms with Crippen LogP contribution in [0.3, 0.4) is 0 Å². The van der Waals surface area contributed by atoms with Crippen LogP contribution in [0.5, 0.6) is 0 Å². The van der Waals surface area contributed by atoms with E-state index in [2.05, 4.69) is 20.0 Å². The second-order valence-electron chi connectivity index (χ2n) is 7.27. The summed E-state index contributed by atoms with van der Waals surface area (Å²) in [6.45, 7) is 2.32. The van der Waals surface area contributed by atoms with E-state index in [-0.39, 0.29) is 23.7 Å². The molecule has 9 heteroatoms. The fourth-order valence-electron chi connectivity index (χ4n) is 3.66. The van der Waals surface area contributed by atoms with Crippen LogP contribution in [0.1, 0.15) is 49.4 Å². The predicted molar refractivity (Wildman–Crippen MR) is 109 cm³/mol. The molecule has 3 N–H and O–H groups in total. The molecule has 0 aliphatic heterocycles. The molecular formula is C19H28N4O4S. The molecule has 28 heavy (non-hydrogen) atoms. The summed E-state index contributed by atoms with van der Waals surface area (Å²) in [5, 5.41) is 4.36. The molecule has 0 radical (unpaired) electrons. The second kappa shape index (κ2) is 8.91. The molecule has 0 amide bonds. The van der Waals surface area contributed by atoms with Crippen LogP contribution < -0.4 is 10.0 Å². The van der Waals surface area contributed by atoms with Gasteiger partial charge in [-0.1, -0.05) is 6.92 Å². The largest absolute Gasteiger partial charge is 0.462 e. The number of rotatable bonds is 8. The molecule has 2 heterocycles. The number of nitrogens with zero attached hydrogens (tertiary/aromatic N) is 1. The van der Waals surface area contributed by atoms with Gasteiger partial charge in [0.25, 0.3) is 0 Å². The maximum atomic E-state index is 12.5. The summed E-state index contributed by atoms with van der Waals surface area (Å²) in [5.74, 6) is -0.0507. The van der Waals surface area contributed by atoms with Crippen LogP contribution in [0.2, 0.25) is 0 Å². The van der Waals surface area contributed by atoms with E-state index in [1.165, 1.54) is 7.05 Å². The lowest BCUT2D eigenvalue weighted by Gasteiger charge is -2.30. The fourth-order valence-corrected chi connectivity index (χ4v) is 4.78. The molecule has 0 spiro atoms. The zero-order valence-electron chi connectivity index (χ0n) is 16.3. The van der Waals surface area contributed by atoms with Crippen molar-refractivity contribution in [2.45, 2.75) is 45.1 Å². The van der Waals surface area contributed by atoms with E-state index < -0.39 is 10.0 Å². The predicted octanol–water partition coefficient (Wildman–Crippen LogP) is 2.65. The van der Waals surface area contributed by atoms with Gasteiger partial charge in [-0.15, -0.1) is 0 Å². The minimum Gasteiger partial charge on any atom is -0.462 e. The lowest BCUT2D eigenvalue weighted by Crippen LogP contribution is -2.32. The quantitative estimate of drug-likeness (QED) is 0.579. The van der Waals surface area contributed by atoms with E-state index in [0.29, 0.717) is 17.8 Å². The molecule has 8 nitrogen and oxygen atoms in total. The van der Waals surface area contributed by atoms with Crippen LogP contribution in [0.15, 0.2) is 18.5 Å². The highest BCUT2D eigenvalue weighted by Crippen LogP contribution is 2.32. The highest BCUT2D eigenvalue weighted by Gasteiger charge is 2.27. The van der Waals surface area contributed by atoms with Crippen molar-refractivity contribution < 1.29 is 17.9 Å². The van der Waals surface area contributed by atoms with Gasteiger partial charge in [0.15, 0.2) is 0 Å². The zero-order valence-corrected chi connectivity index (χ0v) is 17.1. The van der Waals surface area contributed by atoms with Crippen LogP contribution in [-0.2, 0) is 14.8 Å². The molecule has 1 fully saturated rings. The number of carbonyl (C=O) groups excluding carboxylic acids is 1. The maximum absolute atomic E-state index is 12.5. The van der Waals surface area contributed by atoms with Crippen LogP contribution >= 0.6 is 0 Å². The number of nitrogens with one attached hydrogen (secondary N) is 3. The maximum Gasteiger partial charge on any atom is 0.341 e. The highest BCUT2D eigenvalue weighted by atomic mass is 32.2. The van der Waals surface area contributed by atoms with Gasteiger partial charge < -0.3 is 15.0 Å². The normalized spacial score (nSPS) is 20.2. The molecule has 1 saturated carbocycles. The molecule has 3 rings (SSSR count). The van der Waals surface area contributed by atoms with Crippen LogP contribution in [0.25, 0.3) is 11.0 Å². The van der Waals surface area contributed by atoms with E-state index in [0.717, 1.165) is 43.2 Å². The van der Waals surface area contributed by atoms with Gasteiger partial charge in [-0.3, -0.25) is 0 Å². The van der Waals surface area contributed by atoms with Crippen molar-refractivity contribution in [2.75, 3.05) is 24.7 Å². The number of fused-ring (bicyclic) bond motifs is 1. The summed E-state index contributed by atoms with van der Waals surface area (Å²) in [7, 11) is -1.74. The molecule has 0 atom stereocenters. The number of carbonyl (C=O) groups is 1. The number of hydrogen-bond acceptors (Lipinski definition) is 6. The first-order chi connectivity index (χ1) is 13.4. The number of pyridine rings is 1. The first-order valence-corrected chi connectivity index (χ1v) is 11.4. The smallest absolute Gasteiger partial charge is 0.341 e. The van der Waals surface area contributed by atoms with Gasteiger partial charge >= 0.3 is 5.97 Å². The van der Waals surface area contributed by atoms with Crippen molar-refractivity contribution in [3.05, 3.63) is 24.0 Å². The zero-order chi connectivity index (χ0) is 20.1. The Kier molecular flexibility index (Phi) is 6.56. The van der Waals surface area contributed by atoms with Gasteiger partial charge in [0.2, 0.25) is 10.0 Å². The Morgan fingerprint density at radius 3 is 2.75 bits per heavy atom. The summed E-state index contributed by atoms with van der Waals surface area (Å²) in [4.78, 5) is 19.9. The number of aromatic amines is 1. The average molecular weight is 409 g/mol. The standard InChI is InChI=1S/C19H28N4O4S/c1-3-10-27-19(24)16-11-22-18-15(8-9-21-18)17(16)23-14-6-4-13(5-7-14)12-28(25,26)20-2/h8-9,11,13-14,20H,3-7,10,12H2,1-2H3,(H2,21,22,23). The number of ether oxygens (including phenoxy) is 1. The van der Waals surface area contributed by atoms with Crippen molar-refractivity contribution >= 4 is 32.7 Å². The lowest BCUT2D eigenvalue weighted by molar-refractivity contribution is 0.0506. The molecular weight excluding hydrogens is 380 g/mol. The van der Waals surface area contributed by atoms with Gasteiger partial charge in [-0.2, -0.15) is 0 Å². The number of hydrogen-bond donors (Lipinski definition) is 3. The Morgan fingerprint density at radius 2 is 2.07 bits per heavy atom. The Hall–Kier alpha value is -2.13. The van der Waals surface area contributed by atoms with E-state index in [1.54, 1.807) is 12.4 Å². The molecule has 1 aliphatic rings. The van der Waals surface area contributed by atoms with Gasteiger partial charge in [-0.05, 0) is 51.1 Å². The molecule has 0 saturated heterocycles. The number of sulfonamides is 1. The molecule has 0 unspecified atom stereocenters. The minimum atomic E-state index is -3.19. The summed E-state index contributed by atoms with van der Waals surface area (Å²) in [6, 6.07) is 2.07. The Morgan fingerprint density at radius 1 is 1.32 bits per heavy atom. The number of anilines is 1. The van der Waals surface area contributed by atoms with E-state index >= 15 is 0 Å². The average Bonchev–Trinajstić information content (AvgIpc) is 3.17. The third-order valence-electron chi connectivity index (χ3n) is 5.21. The topological polar surface area (TPSA) is 113 Å². The molecule has 2 aromatic rings. The number of esters is 1. The van der Waals surface area contributed by atoms with Crippen molar-refractivity contribution in [1.29, 1.82) is 0 Å². The lowest BCUT2D eigenvalue weighted by atomic mass is 9.87. The molecule has 1 aliphatic carbocycles. The van der Waals surface area contributed by atoms with Crippen molar-refractivity contribution in [3.8, 4) is 0 Å². The Balaban J connectivity index is 1.73. The number of H-pyrrole nitrogens is 1.